The maximum absolute atomic E-state index is 12.5. The van der Waals surface area contributed by atoms with Crippen LogP contribution >= 0.6 is 0 Å². The van der Waals surface area contributed by atoms with Crippen LogP contribution < -0.4 is 0 Å². The highest BCUT2D eigenvalue weighted by Crippen LogP contribution is 2.40. The van der Waals surface area contributed by atoms with E-state index in [1.165, 1.54) is 0 Å². The van der Waals surface area contributed by atoms with E-state index in [2.05, 4.69) is 5.16 Å². The summed E-state index contributed by atoms with van der Waals surface area (Å²) < 4.78 is 5.19. The number of nitrogens with zero attached hydrogens (tertiary/aromatic N) is 3. The van der Waals surface area contributed by atoms with Crippen LogP contribution in [-0.4, -0.2) is 53.5 Å². The number of amides is 2. The van der Waals surface area contributed by atoms with Crippen LogP contribution in [0.15, 0.2) is 10.6 Å². The van der Waals surface area contributed by atoms with Crippen LogP contribution in [-0.2, 0) is 4.79 Å². The second-order valence-corrected chi connectivity index (χ2v) is 6.99. The third kappa shape index (κ3) is 2.62. The highest BCUT2D eigenvalue weighted by molar-refractivity contribution is 5.91. The fourth-order valence-electron chi connectivity index (χ4n) is 3.44. The van der Waals surface area contributed by atoms with Crippen molar-refractivity contribution in [3.63, 3.8) is 0 Å². The Bertz CT molecular complexity index is 585. The van der Waals surface area contributed by atoms with Crippen LogP contribution in [0, 0.1) is 5.41 Å². The molecular formula is C16H23N3O3. The van der Waals surface area contributed by atoms with Crippen LogP contribution in [0.2, 0.25) is 0 Å². The largest absolute Gasteiger partial charge is 0.351 e. The van der Waals surface area contributed by atoms with Gasteiger partial charge in [0.05, 0.1) is 5.69 Å². The van der Waals surface area contributed by atoms with Crippen molar-refractivity contribution in [2.24, 2.45) is 5.41 Å². The van der Waals surface area contributed by atoms with E-state index in [-0.39, 0.29) is 23.1 Å². The highest BCUT2D eigenvalue weighted by Gasteiger charge is 2.44. The molecule has 0 aromatic carbocycles. The monoisotopic (exact) mass is 305 g/mol. The molecule has 1 aromatic heterocycles. The molecule has 1 aromatic rings. The number of hydrogen-bond acceptors (Lipinski definition) is 4. The van der Waals surface area contributed by atoms with Gasteiger partial charge in [0, 0.05) is 44.6 Å². The summed E-state index contributed by atoms with van der Waals surface area (Å²) >= 11 is 0. The number of piperidine rings is 1. The van der Waals surface area contributed by atoms with E-state index in [9.17, 15) is 9.59 Å². The molecule has 1 spiro atoms. The lowest BCUT2D eigenvalue weighted by Gasteiger charge is -2.38. The first-order valence-corrected chi connectivity index (χ1v) is 7.90. The molecule has 0 N–H and O–H groups in total. The molecule has 0 bridgehead atoms. The molecule has 2 aliphatic rings. The van der Waals surface area contributed by atoms with E-state index in [1.54, 1.807) is 6.07 Å². The van der Waals surface area contributed by atoms with E-state index in [4.69, 9.17) is 4.52 Å². The molecule has 3 rings (SSSR count). The minimum absolute atomic E-state index is 0.0626. The molecule has 2 saturated heterocycles. The second-order valence-electron chi connectivity index (χ2n) is 6.99. The lowest BCUT2D eigenvalue weighted by atomic mass is 9.77. The van der Waals surface area contributed by atoms with Gasteiger partial charge < -0.3 is 14.3 Å². The number of aromatic nitrogens is 1. The van der Waals surface area contributed by atoms with Crippen molar-refractivity contribution in [2.75, 3.05) is 26.7 Å². The lowest BCUT2D eigenvalue weighted by Crippen LogP contribution is -2.44. The van der Waals surface area contributed by atoms with E-state index in [0.29, 0.717) is 25.3 Å². The predicted octanol–water partition coefficient (Wildman–Crippen LogP) is 1.88. The van der Waals surface area contributed by atoms with Crippen LogP contribution in [0.25, 0.3) is 0 Å². The van der Waals surface area contributed by atoms with Crippen molar-refractivity contribution in [1.29, 1.82) is 0 Å². The topological polar surface area (TPSA) is 66.7 Å². The third-order valence-corrected chi connectivity index (χ3v) is 4.97. The first kappa shape index (κ1) is 15.1. The van der Waals surface area contributed by atoms with Crippen LogP contribution in [0.5, 0.6) is 0 Å². The maximum atomic E-state index is 12.5. The Morgan fingerprint density at radius 1 is 1.36 bits per heavy atom. The Balaban J connectivity index is 1.63. The Morgan fingerprint density at radius 2 is 2.05 bits per heavy atom. The van der Waals surface area contributed by atoms with Crippen molar-refractivity contribution in [2.45, 2.75) is 39.0 Å². The zero-order valence-corrected chi connectivity index (χ0v) is 13.5. The summed E-state index contributed by atoms with van der Waals surface area (Å²) in [6, 6.07) is 1.74. The molecule has 22 heavy (non-hydrogen) atoms. The molecule has 6 heteroatoms. The Morgan fingerprint density at radius 3 is 2.55 bits per heavy atom. The Hall–Kier alpha value is -1.85. The van der Waals surface area contributed by atoms with Gasteiger partial charge in [-0.25, -0.2) is 0 Å². The SMILES string of the molecule is CC(C)c1cc(C(=O)N2CCC3(CC2)CC(=O)N(C)C3)on1. The van der Waals surface area contributed by atoms with Crippen LogP contribution in [0.1, 0.15) is 55.3 Å². The van der Waals surface area contributed by atoms with E-state index < -0.39 is 0 Å². The van der Waals surface area contributed by atoms with Crippen molar-refractivity contribution < 1.29 is 14.1 Å². The Labute approximate surface area is 130 Å². The van der Waals surface area contributed by atoms with Gasteiger partial charge >= 0.3 is 0 Å². The van der Waals surface area contributed by atoms with Gasteiger partial charge in [-0.1, -0.05) is 19.0 Å². The number of hydrogen-bond donors (Lipinski definition) is 0. The fraction of sp³-hybridized carbons (Fsp3) is 0.688. The summed E-state index contributed by atoms with van der Waals surface area (Å²) in [5, 5.41) is 3.95. The molecule has 2 fully saturated rings. The molecular weight excluding hydrogens is 282 g/mol. The molecule has 0 saturated carbocycles. The van der Waals surface area contributed by atoms with E-state index in [1.807, 2.05) is 30.7 Å². The summed E-state index contributed by atoms with van der Waals surface area (Å²) in [6.07, 6.45) is 2.37. The smallest absolute Gasteiger partial charge is 0.292 e. The van der Waals surface area contributed by atoms with Gasteiger partial charge in [0.2, 0.25) is 11.7 Å². The lowest BCUT2D eigenvalue weighted by molar-refractivity contribution is -0.126. The number of rotatable bonds is 2. The van der Waals surface area contributed by atoms with Crippen LogP contribution in [0.3, 0.4) is 0 Å². The van der Waals surface area contributed by atoms with Gasteiger partial charge in [-0.05, 0) is 18.8 Å². The zero-order chi connectivity index (χ0) is 15.9. The maximum Gasteiger partial charge on any atom is 0.292 e. The predicted molar refractivity (Wildman–Crippen MR) is 80.4 cm³/mol. The summed E-state index contributed by atoms with van der Waals surface area (Å²) in [7, 11) is 1.86. The van der Waals surface area contributed by atoms with Crippen molar-refractivity contribution in [1.82, 2.24) is 15.0 Å². The third-order valence-electron chi connectivity index (χ3n) is 4.97. The quantitative estimate of drug-likeness (QED) is 0.837. The molecule has 0 atom stereocenters. The number of likely N-dealkylation sites (tertiary alicyclic amines) is 2. The minimum Gasteiger partial charge on any atom is -0.351 e. The van der Waals surface area contributed by atoms with Gasteiger partial charge in [-0.2, -0.15) is 0 Å². The zero-order valence-electron chi connectivity index (χ0n) is 13.5. The van der Waals surface area contributed by atoms with Gasteiger partial charge in [-0.15, -0.1) is 0 Å². The van der Waals surface area contributed by atoms with Crippen molar-refractivity contribution in [3.05, 3.63) is 17.5 Å². The summed E-state index contributed by atoms with van der Waals surface area (Å²) in [5.74, 6) is 0.692. The Kier molecular flexibility index (Phi) is 3.70. The summed E-state index contributed by atoms with van der Waals surface area (Å²) in [6.45, 7) is 6.21. The van der Waals surface area contributed by atoms with Gasteiger partial charge in [0.1, 0.15) is 0 Å². The average Bonchev–Trinajstić information content (AvgIpc) is 3.06. The standard InChI is InChI=1S/C16H23N3O3/c1-11(2)12-8-13(22-17-12)15(21)19-6-4-16(5-7-19)9-14(20)18(3)10-16/h8,11H,4-7,9-10H2,1-3H3. The molecule has 0 unspecified atom stereocenters. The number of carbonyl (C=O) groups excluding carboxylic acids is 2. The second kappa shape index (κ2) is 5.41. The normalized spacial score (nSPS) is 21.2. The first-order valence-electron chi connectivity index (χ1n) is 7.90. The molecule has 6 nitrogen and oxygen atoms in total. The molecule has 3 heterocycles. The fourth-order valence-corrected chi connectivity index (χ4v) is 3.44. The molecule has 120 valence electrons. The van der Waals surface area contributed by atoms with Gasteiger partial charge in [0.25, 0.3) is 5.91 Å². The summed E-state index contributed by atoms with van der Waals surface area (Å²) in [4.78, 5) is 27.9. The first-order chi connectivity index (χ1) is 10.4. The molecule has 0 aliphatic carbocycles. The van der Waals surface area contributed by atoms with Crippen molar-refractivity contribution >= 4 is 11.8 Å². The van der Waals surface area contributed by atoms with Gasteiger partial charge in [-0.3, -0.25) is 9.59 Å². The highest BCUT2D eigenvalue weighted by atomic mass is 16.5. The molecule has 0 radical (unpaired) electrons. The minimum atomic E-state index is -0.0908. The average molecular weight is 305 g/mol. The summed E-state index contributed by atoms with van der Waals surface area (Å²) in [5.41, 5.74) is 0.868. The van der Waals surface area contributed by atoms with Gasteiger partial charge in [0.15, 0.2) is 0 Å². The molecule has 2 aliphatic heterocycles. The van der Waals surface area contributed by atoms with E-state index >= 15 is 0 Å². The van der Waals surface area contributed by atoms with Crippen LogP contribution in [0.4, 0.5) is 0 Å². The van der Waals surface area contributed by atoms with E-state index in [0.717, 1.165) is 25.1 Å². The molecule has 2 amide bonds. The number of carbonyl (C=O) groups is 2. The van der Waals surface area contributed by atoms with Crippen molar-refractivity contribution in [3.8, 4) is 0 Å².